The number of amides is 2. The fourth-order valence-electron chi connectivity index (χ4n) is 8.77. The Morgan fingerprint density at radius 3 is 2.47 bits per heavy atom. The summed E-state index contributed by atoms with van der Waals surface area (Å²) in [5.41, 5.74) is 6.37. The van der Waals surface area contributed by atoms with Crippen molar-refractivity contribution in [2.45, 2.75) is 89.4 Å². The lowest BCUT2D eigenvalue weighted by Crippen LogP contribution is -2.44. The summed E-state index contributed by atoms with van der Waals surface area (Å²) in [5, 5.41) is 34.3. The first-order valence-electron chi connectivity index (χ1n) is 20.3. The van der Waals surface area contributed by atoms with E-state index in [1.807, 2.05) is 66.3 Å². The molecule has 3 aromatic heterocycles. The van der Waals surface area contributed by atoms with Crippen LogP contribution < -0.4 is 5.32 Å². The van der Waals surface area contributed by atoms with E-state index in [4.69, 9.17) is 26.8 Å². The lowest BCUT2D eigenvalue weighted by molar-refractivity contribution is -0.135. The quantitative estimate of drug-likeness (QED) is 0.107. The minimum atomic E-state index is -1.07. The highest BCUT2D eigenvalue weighted by Gasteiger charge is 2.39. The number of aliphatic hydroxyl groups is 1. The second-order valence-corrected chi connectivity index (χ2v) is 16.3. The van der Waals surface area contributed by atoms with Crippen molar-refractivity contribution in [3.05, 3.63) is 113 Å². The summed E-state index contributed by atoms with van der Waals surface area (Å²) in [5.74, 6) is 1.04. The average molecular weight is 799 g/mol. The van der Waals surface area contributed by atoms with Crippen LogP contribution in [0.15, 0.2) is 84.1 Å². The predicted octanol–water partition coefficient (Wildman–Crippen LogP) is 6.88. The Morgan fingerprint density at radius 1 is 0.914 bits per heavy atom. The highest BCUT2D eigenvalue weighted by molar-refractivity contribution is 6.30. The topological polar surface area (TPSA) is 148 Å². The van der Waals surface area contributed by atoms with Crippen LogP contribution in [0.5, 0.6) is 0 Å². The van der Waals surface area contributed by atoms with Crippen LogP contribution in [0.25, 0.3) is 27.7 Å². The number of para-hydroxylation sites is 1. The Labute approximate surface area is 341 Å². The third-order valence-electron chi connectivity index (χ3n) is 12.0. The van der Waals surface area contributed by atoms with Gasteiger partial charge in [-0.05, 0) is 88.4 Å². The molecule has 3 aromatic carbocycles. The Bertz CT molecular complexity index is 2530. The number of fused-ring (bicyclic) bond motifs is 4. The summed E-state index contributed by atoms with van der Waals surface area (Å²) >= 11 is 6.26. The van der Waals surface area contributed by atoms with E-state index >= 15 is 0 Å². The number of rotatable bonds is 11. The minimum absolute atomic E-state index is 0.178. The molecular weight excluding hydrogens is 752 g/mol. The first kappa shape index (κ1) is 38.0. The number of carbonyl (C=O) groups excluding carboxylic acids is 2. The van der Waals surface area contributed by atoms with Crippen molar-refractivity contribution >= 4 is 40.0 Å². The van der Waals surface area contributed by atoms with E-state index in [0.717, 1.165) is 108 Å². The van der Waals surface area contributed by atoms with Gasteiger partial charge in [-0.2, -0.15) is 10.2 Å². The molecule has 0 radical (unpaired) electrons. The lowest BCUT2D eigenvalue weighted by atomic mass is 9.86. The van der Waals surface area contributed by atoms with Gasteiger partial charge in [0.05, 0.1) is 23.1 Å². The van der Waals surface area contributed by atoms with Gasteiger partial charge < -0.3 is 10.0 Å². The molecule has 3 aliphatic heterocycles. The molecule has 6 heterocycles. The number of carbonyl (C=O) groups is 2. The SMILES string of the molecule is Cc1nnc2n1-c1ccc(-c3cnn(CCCCCCN4CCC(O)(c5nn(C6CCC(=O)NC6=O)c6ccccc56)CC4)c3)cc1C(c1ccc(Cl)cc1)=N[C@H]2C. The smallest absolute Gasteiger partial charge is 0.251 e. The molecule has 2 fully saturated rings. The molecular formula is C44H47ClN10O3. The fraction of sp³-hybridized carbons (Fsp3) is 0.386. The fourth-order valence-corrected chi connectivity index (χ4v) is 8.90. The lowest BCUT2D eigenvalue weighted by Gasteiger charge is -2.37. The molecule has 9 rings (SSSR count). The molecule has 2 N–H and O–H groups in total. The van der Waals surface area contributed by atoms with E-state index in [2.05, 4.69) is 56.3 Å². The normalized spacial score (nSPS) is 19.4. The van der Waals surface area contributed by atoms with Crippen molar-refractivity contribution in [2.75, 3.05) is 19.6 Å². The Kier molecular flexibility index (Phi) is 10.3. The molecule has 2 saturated heterocycles. The summed E-state index contributed by atoms with van der Waals surface area (Å²) in [6.07, 6.45) is 10.2. The molecule has 6 aromatic rings. The number of halogens is 1. The second kappa shape index (κ2) is 15.7. The van der Waals surface area contributed by atoms with Crippen molar-refractivity contribution in [1.29, 1.82) is 0 Å². The summed E-state index contributed by atoms with van der Waals surface area (Å²) in [6.45, 7) is 7.42. The number of likely N-dealkylation sites (tertiary alicyclic amines) is 1. The molecule has 1 unspecified atom stereocenters. The Morgan fingerprint density at radius 2 is 1.67 bits per heavy atom. The highest BCUT2D eigenvalue weighted by Crippen LogP contribution is 2.38. The van der Waals surface area contributed by atoms with E-state index in [1.54, 1.807) is 4.68 Å². The number of aliphatic imine (C=N–C) groups is 1. The van der Waals surface area contributed by atoms with Gasteiger partial charge in [0.2, 0.25) is 5.91 Å². The van der Waals surface area contributed by atoms with Crippen molar-refractivity contribution in [3.8, 4) is 16.8 Å². The zero-order valence-corrected chi connectivity index (χ0v) is 33.6. The predicted molar refractivity (Wildman–Crippen MR) is 222 cm³/mol. The van der Waals surface area contributed by atoms with Gasteiger partial charge in [-0.15, -0.1) is 10.2 Å². The molecule has 58 heavy (non-hydrogen) atoms. The summed E-state index contributed by atoms with van der Waals surface area (Å²) < 4.78 is 5.85. The molecule has 298 valence electrons. The van der Waals surface area contributed by atoms with Crippen LogP contribution in [0.4, 0.5) is 0 Å². The van der Waals surface area contributed by atoms with Gasteiger partial charge in [0.1, 0.15) is 29.2 Å². The number of piperidine rings is 2. The number of hydrogen-bond donors (Lipinski definition) is 2. The van der Waals surface area contributed by atoms with Crippen molar-refractivity contribution in [2.24, 2.45) is 4.99 Å². The first-order valence-corrected chi connectivity index (χ1v) is 20.7. The summed E-state index contributed by atoms with van der Waals surface area (Å²) in [7, 11) is 0. The maximum atomic E-state index is 12.7. The van der Waals surface area contributed by atoms with Crippen molar-refractivity contribution in [1.82, 2.24) is 44.5 Å². The molecule has 14 heteroatoms. The van der Waals surface area contributed by atoms with Crippen LogP contribution in [0.3, 0.4) is 0 Å². The number of imide groups is 1. The van der Waals surface area contributed by atoms with Crippen LogP contribution in [-0.2, 0) is 21.7 Å². The molecule has 0 saturated carbocycles. The Hall–Kier alpha value is -5.50. The third-order valence-corrected chi connectivity index (χ3v) is 12.2. The summed E-state index contributed by atoms with van der Waals surface area (Å²) in [4.78, 5) is 32.1. The molecule has 2 amide bonds. The maximum Gasteiger partial charge on any atom is 0.251 e. The number of aryl methyl sites for hydroxylation is 2. The standard InChI is InChI=1S/C44H47ClN10O3/c1-28-42-50-49-29(2)54(42)36-16-13-31(25-35(36)40(47-28)30-11-14-33(45)15-12-30)32-26-46-53(27-32)22-8-4-3-7-21-52-23-19-44(58,20-24-52)41-34-9-5-6-10-37(34)55(51-41)38-17-18-39(56)48-43(38)57/h5-6,9-16,25-28,38,58H,3-4,7-8,17-24H2,1-2H3,(H,48,56,57)/t28-,38?/m0/s1. The molecule has 0 spiro atoms. The van der Waals surface area contributed by atoms with Gasteiger partial charge in [-0.25, -0.2) is 0 Å². The number of nitrogens with zero attached hydrogens (tertiary/aromatic N) is 9. The summed E-state index contributed by atoms with van der Waals surface area (Å²) in [6, 6.07) is 21.3. The highest BCUT2D eigenvalue weighted by atomic mass is 35.5. The van der Waals surface area contributed by atoms with Gasteiger partial charge in [0, 0.05) is 59.4 Å². The molecule has 0 bridgehead atoms. The Balaban J connectivity index is 0.789. The monoisotopic (exact) mass is 798 g/mol. The molecule has 3 aliphatic rings. The van der Waals surface area contributed by atoms with Crippen molar-refractivity contribution in [3.63, 3.8) is 0 Å². The molecule has 13 nitrogen and oxygen atoms in total. The van der Waals surface area contributed by atoms with Crippen LogP contribution in [0, 0.1) is 6.92 Å². The largest absolute Gasteiger partial charge is 0.383 e. The van der Waals surface area contributed by atoms with E-state index in [-0.39, 0.29) is 24.3 Å². The van der Waals surface area contributed by atoms with Crippen molar-refractivity contribution < 1.29 is 14.7 Å². The number of unbranched alkanes of at least 4 members (excludes halogenated alkanes) is 3. The maximum absolute atomic E-state index is 12.7. The van der Waals surface area contributed by atoms with E-state index in [0.29, 0.717) is 30.0 Å². The van der Waals surface area contributed by atoms with Gasteiger partial charge in [0.25, 0.3) is 5.91 Å². The van der Waals surface area contributed by atoms with Crippen LogP contribution >= 0.6 is 11.6 Å². The van der Waals surface area contributed by atoms with Gasteiger partial charge in [-0.3, -0.25) is 33.8 Å². The van der Waals surface area contributed by atoms with Gasteiger partial charge >= 0.3 is 0 Å². The van der Waals surface area contributed by atoms with Gasteiger partial charge in [0.15, 0.2) is 5.82 Å². The zero-order chi connectivity index (χ0) is 40.0. The van der Waals surface area contributed by atoms with E-state index < -0.39 is 11.6 Å². The average Bonchev–Trinajstić information content (AvgIpc) is 3.95. The minimum Gasteiger partial charge on any atom is -0.383 e. The number of benzene rings is 3. The first-order chi connectivity index (χ1) is 28.1. The zero-order valence-electron chi connectivity index (χ0n) is 32.8. The number of aromatic nitrogens is 7. The third kappa shape index (κ3) is 7.27. The van der Waals surface area contributed by atoms with E-state index in [9.17, 15) is 14.7 Å². The van der Waals surface area contributed by atoms with E-state index in [1.165, 1.54) is 0 Å². The second-order valence-electron chi connectivity index (χ2n) is 15.9. The van der Waals surface area contributed by atoms with Gasteiger partial charge in [-0.1, -0.05) is 60.8 Å². The number of hydrogen-bond acceptors (Lipinski definition) is 9. The number of nitrogens with one attached hydrogen (secondary N) is 1. The molecule has 2 atom stereocenters. The van der Waals surface area contributed by atoms with Crippen LogP contribution in [0.1, 0.15) is 98.8 Å². The van der Waals surface area contributed by atoms with Crippen LogP contribution in [0.2, 0.25) is 5.02 Å². The van der Waals surface area contributed by atoms with Crippen LogP contribution in [-0.4, -0.2) is 81.5 Å². The molecule has 0 aliphatic carbocycles.